The number of rotatable bonds is 9. The smallest absolute Gasteiger partial charge is 0.386 e. The number of imidazole rings is 1. The van der Waals surface area contributed by atoms with Crippen molar-refractivity contribution in [2.24, 2.45) is 5.41 Å². The summed E-state index contributed by atoms with van der Waals surface area (Å²) in [5.41, 5.74) is -1.56. The minimum atomic E-state index is -4.32. The number of hydrogen-bond acceptors (Lipinski definition) is 3. The zero-order chi connectivity index (χ0) is 24.0. The van der Waals surface area contributed by atoms with Gasteiger partial charge in [0.2, 0.25) is 0 Å². The van der Waals surface area contributed by atoms with Crippen LogP contribution >= 0.6 is 0 Å². The van der Waals surface area contributed by atoms with Gasteiger partial charge in [0.1, 0.15) is 17.1 Å². The molecule has 0 spiro atoms. The van der Waals surface area contributed by atoms with E-state index in [9.17, 15) is 27.5 Å². The predicted molar refractivity (Wildman–Crippen MR) is 117 cm³/mol. The Bertz CT molecular complexity index is 1030. The van der Waals surface area contributed by atoms with Gasteiger partial charge in [-0.15, -0.1) is 0 Å². The molecule has 182 valence electrons. The number of carbonyl (C=O) groups excluding carboxylic acids is 1. The minimum Gasteiger partial charge on any atom is -0.386 e. The third kappa shape index (κ3) is 4.68. The molecule has 1 aromatic carbocycles. The second kappa shape index (κ2) is 8.67. The molecular formula is C25H32F4N2O2. The van der Waals surface area contributed by atoms with Crippen LogP contribution in [-0.4, -0.2) is 26.6 Å². The van der Waals surface area contributed by atoms with Gasteiger partial charge in [-0.25, -0.2) is 9.37 Å². The predicted octanol–water partition coefficient (Wildman–Crippen LogP) is 6.53. The van der Waals surface area contributed by atoms with E-state index in [2.05, 4.69) is 9.55 Å². The number of aromatic nitrogens is 2. The fourth-order valence-electron chi connectivity index (χ4n) is 5.02. The number of aliphatic hydroxyl groups is 1. The molecule has 0 atom stereocenters. The molecule has 4 nitrogen and oxygen atoms in total. The van der Waals surface area contributed by atoms with E-state index in [1.807, 2.05) is 0 Å². The van der Waals surface area contributed by atoms with Crippen LogP contribution in [0.25, 0.3) is 11.0 Å². The molecule has 0 saturated heterocycles. The molecule has 4 rings (SSSR count). The zero-order valence-electron chi connectivity index (χ0n) is 19.3. The summed E-state index contributed by atoms with van der Waals surface area (Å²) in [4.78, 5) is 16.8. The Balaban J connectivity index is 1.44. The maximum atomic E-state index is 14.8. The molecule has 2 fully saturated rings. The molecule has 1 heterocycles. The van der Waals surface area contributed by atoms with Crippen molar-refractivity contribution in [2.75, 3.05) is 0 Å². The Hall–Kier alpha value is -1.96. The SMILES string of the molecule is CC(C)(O)c1cc(F)c2nc(CCCCC(=O)CC3(C(F)(F)F)CCC3)n(C3CCC3)c2c1. The summed E-state index contributed by atoms with van der Waals surface area (Å²) >= 11 is 0. The van der Waals surface area contributed by atoms with Crippen molar-refractivity contribution < 1.29 is 27.5 Å². The molecule has 2 saturated carbocycles. The quantitative estimate of drug-likeness (QED) is 0.336. The zero-order valence-corrected chi connectivity index (χ0v) is 19.3. The summed E-state index contributed by atoms with van der Waals surface area (Å²) in [6, 6.07) is 3.35. The number of alkyl halides is 3. The summed E-state index contributed by atoms with van der Waals surface area (Å²) in [5.74, 6) is -0.0721. The molecule has 2 aliphatic carbocycles. The van der Waals surface area contributed by atoms with Gasteiger partial charge in [0.15, 0.2) is 5.82 Å². The molecule has 1 aromatic heterocycles. The number of benzene rings is 1. The largest absolute Gasteiger partial charge is 0.394 e. The highest BCUT2D eigenvalue weighted by molar-refractivity contribution is 5.79. The number of aryl methyl sites for hydroxylation is 1. The fraction of sp³-hybridized carbons (Fsp3) is 0.680. The van der Waals surface area contributed by atoms with E-state index in [1.54, 1.807) is 19.9 Å². The maximum Gasteiger partial charge on any atom is 0.394 e. The second-order valence-electron chi connectivity index (χ2n) is 10.4. The molecule has 1 N–H and O–H groups in total. The molecule has 2 aliphatic rings. The van der Waals surface area contributed by atoms with E-state index in [0.29, 0.717) is 36.8 Å². The van der Waals surface area contributed by atoms with Crippen molar-refractivity contribution in [1.29, 1.82) is 0 Å². The van der Waals surface area contributed by atoms with Gasteiger partial charge in [-0.2, -0.15) is 13.2 Å². The van der Waals surface area contributed by atoms with Crippen molar-refractivity contribution in [3.63, 3.8) is 0 Å². The number of unbranched alkanes of at least 4 members (excludes halogenated alkanes) is 1. The van der Waals surface area contributed by atoms with Crippen LogP contribution in [0, 0.1) is 11.2 Å². The van der Waals surface area contributed by atoms with Gasteiger partial charge in [-0.05, 0) is 76.5 Å². The Kier molecular flexibility index (Phi) is 6.35. The van der Waals surface area contributed by atoms with Gasteiger partial charge in [0.05, 0.1) is 16.5 Å². The summed E-state index contributed by atoms with van der Waals surface area (Å²) in [6.45, 7) is 3.23. The highest BCUT2D eigenvalue weighted by atomic mass is 19.4. The lowest BCUT2D eigenvalue weighted by atomic mass is 9.65. The molecule has 0 bridgehead atoms. The van der Waals surface area contributed by atoms with Crippen molar-refractivity contribution in [3.8, 4) is 0 Å². The van der Waals surface area contributed by atoms with Crippen LogP contribution in [0.3, 0.4) is 0 Å². The van der Waals surface area contributed by atoms with Crippen LogP contribution in [-0.2, 0) is 16.8 Å². The van der Waals surface area contributed by atoms with Crippen LogP contribution in [0.15, 0.2) is 12.1 Å². The second-order valence-corrected chi connectivity index (χ2v) is 10.4. The van der Waals surface area contributed by atoms with Gasteiger partial charge >= 0.3 is 6.18 Å². The number of halogens is 4. The Morgan fingerprint density at radius 3 is 2.39 bits per heavy atom. The summed E-state index contributed by atoms with van der Waals surface area (Å²) in [6.07, 6.45) is 0.663. The van der Waals surface area contributed by atoms with Crippen molar-refractivity contribution >= 4 is 16.8 Å². The Morgan fingerprint density at radius 2 is 1.88 bits per heavy atom. The molecule has 2 aromatic rings. The van der Waals surface area contributed by atoms with E-state index in [1.165, 1.54) is 6.07 Å². The van der Waals surface area contributed by atoms with E-state index in [-0.39, 0.29) is 36.6 Å². The topological polar surface area (TPSA) is 55.1 Å². The van der Waals surface area contributed by atoms with Gasteiger partial charge in [-0.1, -0.05) is 6.42 Å². The van der Waals surface area contributed by atoms with E-state index in [4.69, 9.17) is 0 Å². The van der Waals surface area contributed by atoms with Crippen LogP contribution in [0.2, 0.25) is 0 Å². The number of nitrogens with zero attached hydrogens (tertiary/aromatic N) is 2. The highest BCUT2D eigenvalue weighted by Crippen LogP contribution is 2.55. The van der Waals surface area contributed by atoms with Gasteiger partial charge in [0.25, 0.3) is 0 Å². The summed E-state index contributed by atoms with van der Waals surface area (Å²) in [5, 5.41) is 10.4. The van der Waals surface area contributed by atoms with Gasteiger partial charge < -0.3 is 9.67 Å². The minimum absolute atomic E-state index is 0.0475. The highest BCUT2D eigenvalue weighted by Gasteiger charge is 2.58. The number of fused-ring (bicyclic) bond motifs is 1. The van der Waals surface area contributed by atoms with E-state index < -0.39 is 29.4 Å². The average molecular weight is 469 g/mol. The lowest BCUT2D eigenvalue weighted by Gasteiger charge is -2.42. The van der Waals surface area contributed by atoms with Gasteiger partial charge in [0, 0.05) is 25.3 Å². The Morgan fingerprint density at radius 1 is 1.18 bits per heavy atom. The lowest BCUT2D eigenvalue weighted by Crippen LogP contribution is -2.45. The standard InChI is InChI=1S/C25H32F4N2O2/c1-23(2,33)16-13-19(26)22-20(14-16)31(17-7-5-8-17)21(30-22)10-4-3-9-18(32)15-24(11-6-12-24)25(27,28)29/h13-14,17,33H,3-12,15H2,1-2H3. The van der Waals surface area contributed by atoms with Crippen LogP contribution in [0.5, 0.6) is 0 Å². The normalized spacial score (nSPS) is 18.9. The van der Waals surface area contributed by atoms with Crippen molar-refractivity contribution in [1.82, 2.24) is 9.55 Å². The van der Waals surface area contributed by atoms with E-state index >= 15 is 0 Å². The molecule has 8 heteroatoms. The number of ketones is 1. The van der Waals surface area contributed by atoms with Gasteiger partial charge in [-0.3, -0.25) is 4.79 Å². The molecular weight excluding hydrogens is 436 g/mol. The average Bonchev–Trinajstić information content (AvgIpc) is 2.98. The van der Waals surface area contributed by atoms with E-state index in [0.717, 1.165) is 25.1 Å². The van der Waals surface area contributed by atoms with Crippen LogP contribution in [0.1, 0.15) is 95.5 Å². The molecule has 33 heavy (non-hydrogen) atoms. The molecule has 0 aliphatic heterocycles. The molecule has 0 radical (unpaired) electrons. The first-order valence-electron chi connectivity index (χ1n) is 11.9. The third-order valence-corrected chi connectivity index (χ3v) is 7.52. The number of carbonyl (C=O) groups is 1. The third-order valence-electron chi connectivity index (χ3n) is 7.52. The van der Waals surface area contributed by atoms with Crippen LogP contribution < -0.4 is 0 Å². The van der Waals surface area contributed by atoms with Crippen molar-refractivity contribution in [3.05, 3.63) is 29.3 Å². The summed E-state index contributed by atoms with van der Waals surface area (Å²) < 4.78 is 56.8. The monoisotopic (exact) mass is 468 g/mol. The van der Waals surface area contributed by atoms with Crippen molar-refractivity contribution in [2.45, 2.75) is 102 Å². The number of Topliss-reactive ketones (excluding diaryl/α,β-unsaturated/α-hetero) is 1. The van der Waals surface area contributed by atoms with Crippen LogP contribution in [0.4, 0.5) is 17.6 Å². The lowest BCUT2D eigenvalue weighted by molar-refractivity contribution is -0.251. The molecule has 0 amide bonds. The Labute approximate surface area is 191 Å². The fourth-order valence-corrected chi connectivity index (χ4v) is 5.02. The number of hydrogen-bond donors (Lipinski definition) is 1. The maximum absolute atomic E-state index is 14.8. The molecule has 0 unspecified atom stereocenters. The first-order valence-corrected chi connectivity index (χ1v) is 11.9. The first kappa shape index (κ1) is 24.2. The first-order chi connectivity index (χ1) is 15.4. The summed E-state index contributed by atoms with van der Waals surface area (Å²) in [7, 11) is 0.